The molecular weight excluding hydrogens is 692 g/mol. The molecule has 0 aromatic heterocycles. The van der Waals surface area contributed by atoms with Crippen LogP contribution in [0.5, 0.6) is 0 Å². The van der Waals surface area contributed by atoms with Crippen LogP contribution >= 0.6 is 12.3 Å². The molecule has 4 unspecified atom stereocenters. The van der Waals surface area contributed by atoms with Gasteiger partial charge < -0.3 is 33.5 Å². The molecule has 2 saturated heterocycles. The summed E-state index contributed by atoms with van der Waals surface area (Å²) in [4.78, 5) is 12.0. The van der Waals surface area contributed by atoms with Crippen molar-refractivity contribution in [2.75, 3.05) is 27.9 Å². The SMILES string of the molecule is COC1[C@H](O[C@H]2C(OS(=O)(=O)O)C(OS(=O)(=O)O)[C@@H](OC)O[C@@H]2COS(=O)(=O)O)OC(C(=O)O)[C@H](OSOOO)[C@@H]1OC. The van der Waals surface area contributed by atoms with E-state index >= 15 is 0 Å². The molecule has 43 heavy (non-hydrogen) atoms. The molecule has 2 heterocycles. The highest BCUT2D eigenvalue weighted by Crippen LogP contribution is 2.36. The van der Waals surface area contributed by atoms with Gasteiger partial charge >= 0.3 is 37.2 Å². The second-order valence-corrected chi connectivity index (χ2v) is 11.7. The van der Waals surface area contributed by atoms with Gasteiger partial charge in [0.1, 0.15) is 36.6 Å². The van der Waals surface area contributed by atoms with E-state index in [0.717, 1.165) is 21.3 Å². The number of ether oxygens (including phenoxy) is 6. The number of carboxylic acid groups (broad SMARTS) is 1. The Morgan fingerprint density at radius 2 is 1.33 bits per heavy atom. The van der Waals surface area contributed by atoms with Gasteiger partial charge in [-0.05, 0) is 0 Å². The van der Waals surface area contributed by atoms with E-state index in [4.69, 9.17) is 42.4 Å². The van der Waals surface area contributed by atoms with Gasteiger partial charge in [0, 0.05) is 21.3 Å². The molecule has 24 nitrogen and oxygen atoms in total. The monoisotopic (exact) mass is 718 g/mol. The van der Waals surface area contributed by atoms with E-state index in [1.807, 2.05) is 0 Å². The first-order chi connectivity index (χ1) is 19.9. The van der Waals surface area contributed by atoms with Crippen molar-refractivity contribution in [3.63, 3.8) is 0 Å². The van der Waals surface area contributed by atoms with Crippen molar-refractivity contribution in [3.05, 3.63) is 0 Å². The predicted molar refractivity (Wildman–Crippen MR) is 126 cm³/mol. The van der Waals surface area contributed by atoms with Crippen LogP contribution in [0.4, 0.5) is 0 Å². The largest absolute Gasteiger partial charge is 0.479 e. The van der Waals surface area contributed by atoms with Gasteiger partial charge in [0.25, 0.3) is 0 Å². The summed E-state index contributed by atoms with van der Waals surface area (Å²) in [5.41, 5.74) is 0. The second-order valence-electron chi connectivity index (χ2n) is 8.00. The normalized spacial score (nSPS) is 34.2. The summed E-state index contributed by atoms with van der Waals surface area (Å²) in [6.07, 6.45) is -19.8. The molecule has 2 fully saturated rings. The zero-order chi connectivity index (χ0) is 32.8. The maximum absolute atomic E-state index is 12.0. The minimum absolute atomic E-state index is 0.0607. The summed E-state index contributed by atoms with van der Waals surface area (Å²) in [6, 6.07) is 0. The quantitative estimate of drug-likeness (QED) is 0.0332. The van der Waals surface area contributed by atoms with E-state index in [-0.39, 0.29) is 12.3 Å². The highest BCUT2D eigenvalue weighted by atomic mass is 32.3. The molecule has 0 bridgehead atoms. The third-order valence-electron chi connectivity index (χ3n) is 5.45. The maximum atomic E-state index is 12.0. The van der Waals surface area contributed by atoms with E-state index < -0.39 is 105 Å². The van der Waals surface area contributed by atoms with Crippen molar-refractivity contribution in [2.45, 2.75) is 61.4 Å². The number of aliphatic carboxylic acids is 1. The first-order valence-electron chi connectivity index (χ1n) is 10.9. The summed E-state index contributed by atoms with van der Waals surface area (Å²) < 4.78 is 151. The topological polar surface area (TPSA) is 331 Å². The fourth-order valence-corrected chi connectivity index (χ4v) is 5.63. The van der Waals surface area contributed by atoms with Crippen molar-refractivity contribution < 1.29 is 109 Å². The summed E-state index contributed by atoms with van der Waals surface area (Å²) in [6.45, 7) is -1.26. The average molecular weight is 719 g/mol. The Bertz CT molecular complexity index is 1220. The minimum atomic E-state index is -5.58. The zero-order valence-electron chi connectivity index (χ0n) is 21.6. The van der Waals surface area contributed by atoms with Crippen LogP contribution in [0, 0.1) is 0 Å². The number of carboxylic acids is 1. The fraction of sp³-hybridized carbons (Fsp3) is 0.933. The van der Waals surface area contributed by atoms with Crippen LogP contribution in [0.3, 0.4) is 0 Å². The molecule has 0 aliphatic carbocycles. The lowest BCUT2D eigenvalue weighted by Crippen LogP contribution is -2.66. The van der Waals surface area contributed by atoms with E-state index in [0.29, 0.717) is 0 Å². The van der Waals surface area contributed by atoms with Gasteiger partial charge in [0.2, 0.25) is 0 Å². The van der Waals surface area contributed by atoms with Crippen molar-refractivity contribution in [1.29, 1.82) is 0 Å². The Kier molecular flexibility index (Phi) is 14.3. The molecule has 2 rings (SSSR count). The summed E-state index contributed by atoms with van der Waals surface area (Å²) >= 11 is -0.0607. The van der Waals surface area contributed by atoms with Crippen molar-refractivity contribution in [1.82, 2.24) is 0 Å². The van der Waals surface area contributed by atoms with Gasteiger partial charge in [-0.2, -0.15) is 25.3 Å². The first-order valence-corrected chi connectivity index (χ1v) is 15.6. The van der Waals surface area contributed by atoms with Gasteiger partial charge in [0.05, 0.1) is 6.61 Å². The molecular formula is C15H26O24S4. The summed E-state index contributed by atoms with van der Waals surface area (Å²) in [5.74, 6) is -1.73. The Labute approximate surface area is 247 Å². The molecule has 254 valence electrons. The van der Waals surface area contributed by atoms with Crippen molar-refractivity contribution in [2.24, 2.45) is 0 Å². The van der Waals surface area contributed by atoms with Gasteiger partial charge in [-0.25, -0.2) is 22.6 Å². The van der Waals surface area contributed by atoms with Crippen molar-refractivity contribution >= 4 is 49.5 Å². The van der Waals surface area contributed by atoms with Crippen LogP contribution in [0.15, 0.2) is 0 Å². The maximum Gasteiger partial charge on any atom is 0.397 e. The van der Waals surface area contributed by atoms with Gasteiger partial charge in [0.15, 0.2) is 37.1 Å². The Morgan fingerprint density at radius 3 is 1.79 bits per heavy atom. The van der Waals surface area contributed by atoms with Crippen LogP contribution in [-0.2, 0) is 90.5 Å². The van der Waals surface area contributed by atoms with Crippen LogP contribution < -0.4 is 0 Å². The third kappa shape index (κ3) is 11.4. The molecule has 10 atom stereocenters. The fourth-order valence-electron chi connectivity index (χ4n) is 3.98. The van der Waals surface area contributed by atoms with E-state index in [1.165, 1.54) is 0 Å². The summed E-state index contributed by atoms with van der Waals surface area (Å²) in [5, 5.41) is 21.4. The summed E-state index contributed by atoms with van der Waals surface area (Å²) in [7, 11) is -13.4. The van der Waals surface area contributed by atoms with E-state index in [1.54, 1.807) is 0 Å². The molecule has 0 aromatic rings. The second kappa shape index (κ2) is 16.0. The van der Waals surface area contributed by atoms with Gasteiger partial charge in [-0.3, -0.25) is 17.8 Å². The molecule has 0 amide bonds. The van der Waals surface area contributed by atoms with Crippen LogP contribution in [0.25, 0.3) is 0 Å². The van der Waals surface area contributed by atoms with Crippen LogP contribution in [-0.4, -0.2) is 145 Å². The molecule has 0 radical (unpaired) electrons. The highest BCUT2D eigenvalue weighted by molar-refractivity contribution is 7.89. The standard InChI is InChI=1S/C15H26O24S4/c1-28-7-8(35-40-39-38-18)10(13(16)17)34-15(11(7)29-2)33-6-5(4-31-41(19,20)21)32-14(30-3)12(37-43(25,26)27)9(6)36-42(22,23)24/h5-12,14-15,18H,4H2,1-3H3,(H,16,17)(H,19,20,21)(H,22,23,24)(H,25,26,27)/t5-,6-,7+,8-,9?,10?,11?,12?,14+,15-/m1/s1. The molecule has 0 aromatic carbocycles. The minimum Gasteiger partial charge on any atom is -0.479 e. The van der Waals surface area contributed by atoms with Crippen LogP contribution in [0.1, 0.15) is 0 Å². The lowest BCUT2D eigenvalue weighted by molar-refractivity contribution is -0.435. The Morgan fingerprint density at radius 1 is 0.744 bits per heavy atom. The van der Waals surface area contributed by atoms with Crippen LogP contribution in [0.2, 0.25) is 0 Å². The predicted octanol–water partition coefficient (Wildman–Crippen LogP) is -2.85. The molecule has 28 heteroatoms. The highest BCUT2D eigenvalue weighted by Gasteiger charge is 2.57. The number of rotatable bonds is 17. The lowest BCUT2D eigenvalue weighted by atomic mass is 9.96. The number of methoxy groups -OCH3 is 3. The molecule has 0 saturated carbocycles. The molecule has 0 spiro atoms. The Balaban J connectivity index is 2.62. The zero-order valence-corrected chi connectivity index (χ0v) is 24.9. The molecule has 2 aliphatic heterocycles. The number of carbonyl (C=O) groups is 1. The Hall–Kier alpha value is -0.970. The average Bonchev–Trinajstić information content (AvgIpc) is 2.87. The van der Waals surface area contributed by atoms with Crippen molar-refractivity contribution in [3.8, 4) is 0 Å². The van der Waals surface area contributed by atoms with Gasteiger partial charge in [-0.15, -0.1) is 4.33 Å². The first kappa shape index (κ1) is 38.2. The molecule has 5 N–H and O–H groups in total. The smallest absolute Gasteiger partial charge is 0.397 e. The van der Waals surface area contributed by atoms with Gasteiger partial charge in [-0.1, -0.05) is 5.04 Å². The lowest BCUT2D eigenvalue weighted by Gasteiger charge is -2.47. The van der Waals surface area contributed by atoms with E-state index in [9.17, 15) is 44.3 Å². The van der Waals surface area contributed by atoms with E-state index in [2.05, 4.69) is 21.9 Å². The number of hydrogen-bond acceptors (Lipinski definition) is 21. The third-order valence-corrected chi connectivity index (χ3v) is 7.23. The molecule has 2 aliphatic rings. The number of hydrogen-bond donors (Lipinski definition) is 5.